The van der Waals surface area contributed by atoms with Crippen LogP contribution in [0, 0.1) is 5.41 Å². The SMILES string of the molecule is CCOC(CN1C(=O)C(NC(=O)OCc2ccccc2)CN(C(=O)C(C)(C)C)c2ccccc21)OCC. The van der Waals surface area contributed by atoms with Crippen molar-refractivity contribution in [2.24, 2.45) is 5.41 Å². The molecule has 0 aromatic heterocycles. The van der Waals surface area contributed by atoms with Crippen LogP contribution >= 0.6 is 0 Å². The number of fused-ring (bicyclic) bond motifs is 1. The highest BCUT2D eigenvalue weighted by atomic mass is 16.7. The number of benzene rings is 2. The van der Waals surface area contributed by atoms with E-state index in [9.17, 15) is 14.4 Å². The predicted octanol–water partition coefficient (Wildman–Crippen LogP) is 4.11. The summed E-state index contributed by atoms with van der Waals surface area (Å²) in [6, 6.07) is 15.4. The second kappa shape index (κ2) is 12.7. The first-order chi connectivity index (χ1) is 17.7. The number of nitrogens with one attached hydrogen (secondary N) is 1. The number of anilines is 2. The second-order valence-corrected chi connectivity index (χ2v) is 9.70. The summed E-state index contributed by atoms with van der Waals surface area (Å²) in [5.41, 5.74) is 1.21. The van der Waals surface area contributed by atoms with Gasteiger partial charge in [-0.3, -0.25) is 9.59 Å². The number of hydrogen-bond acceptors (Lipinski definition) is 6. The number of hydrogen-bond donors (Lipinski definition) is 1. The average molecular weight is 512 g/mol. The largest absolute Gasteiger partial charge is 0.445 e. The Labute approximate surface area is 218 Å². The van der Waals surface area contributed by atoms with Crippen LogP contribution in [-0.4, -0.2) is 56.5 Å². The van der Waals surface area contributed by atoms with Gasteiger partial charge in [-0.2, -0.15) is 0 Å². The molecule has 2 aromatic carbocycles. The number of para-hydroxylation sites is 2. The van der Waals surface area contributed by atoms with Crippen LogP contribution in [0.15, 0.2) is 54.6 Å². The lowest BCUT2D eigenvalue weighted by Crippen LogP contribution is -2.55. The number of amides is 3. The van der Waals surface area contributed by atoms with Crippen molar-refractivity contribution >= 4 is 29.3 Å². The number of carbonyl (C=O) groups is 3. The molecule has 0 bridgehead atoms. The van der Waals surface area contributed by atoms with Gasteiger partial charge in [-0.15, -0.1) is 0 Å². The zero-order valence-electron chi connectivity index (χ0n) is 22.2. The summed E-state index contributed by atoms with van der Waals surface area (Å²) in [4.78, 5) is 43.3. The van der Waals surface area contributed by atoms with Crippen molar-refractivity contribution < 1.29 is 28.6 Å². The molecule has 0 saturated carbocycles. The van der Waals surface area contributed by atoms with E-state index in [1.807, 2.05) is 71.0 Å². The number of nitrogens with zero attached hydrogens (tertiary/aromatic N) is 2. The third-order valence-electron chi connectivity index (χ3n) is 5.82. The number of carbonyl (C=O) groups excluding carboxylic acids is 3. The molecule has 200 valence electrons. The van der Waals surface area contributed by atoms with Crippen LogP contribution in [0.25, 0.3) is 0 Å². The first kappa shape index (κ1) is 28.1. The summed E-state index contributed by atoms with van der Waals surface area (Å²) >= 11 is 0. The van der Waals surface area contributed by atoms with Crippen LogP contribution in [0.5, 0.6) is 0 Å². The summed E-state index contributed by atoms with van der Waals surface area (Å²) in [5.74, 6) is -0.567. The van der Waals surface area contributed by atoms with Gasteiger partial charge >= 0.3 is 6.09 Å². The number of alkyl carbamates (subject to hydrolysis) is 1. The van der Waals surface area contributed by atoms with E-state index in [4.69, 9.17) is 14.2 Å². The molecule has 1 unspecified atom stereocenters. The highest BCUT2D eigenvalue weighted by Crippen LogP contribution is 2.35. The summed E-state index contributed by atoms with van der Waals surface area (Å²) in [6.07, 6.45) is -1.43. The molecule has 0 radical (unpaired) electrons. The fraction of sp³-hybridized carbons (Fsp3) is 0.464. The van der Waals surface area contributed by atoms with Crippen LogP contribution in [0.4, 0.5) is 16.2 Å². The second-order valence-electron chi connectivity index (χ2n) is 9.70. The fourth-order valence-corrected chi connectivity index (χ4v) is 4.06. The van der Waals surface area contributed by atoms with Crippen molar-refractivity contribution in [2.45, 2.75) is 53.6 Å². The Morgan fingerprint density at radius 1 is 0.973 bits per heavy atom. The van der Waals surface area contributed by atoms with Gasteiger partial charge in [-0.25, -0.2) is 4.79 Å². The predicted molar refractivity (Wildman–Crippen MR) is 141 cm³/mol. The quantitative estimate of drug-likeness (QED) is 0.509. The Morgan fingerprint density at radius 2 is 1.57 bits per heavy atom. The van der Waals surface area contributed by atoms with Gasteiger partial charge in [0.2, 0.25) is 5.91 Å². The molecular weight excluding hydrogens is 474 g/mol. The molecule has 3 rings (SSSR count). The van der Waals surface area contributed by atoms with Crippen molar-refractivity contribution in [3.63, 3.8) is 0 Å². The Balaban J connectivity index is 1.94. The van der Waals surface area contributed by atoms with E-state index < -0.39 is 29.7 Å². The molecule has 0 spiro atoms. The van der Waals surface area contributed by atoms with E-state index in [0.717, 1.165) is 5.56 Å². The summed E-state index contributed by atoms with van der Waals surface area (Å²) in [7, 11) is 0. The highest BCUT2D eigenvalue weighted by Gasteiger charge is 2.40. The van der Waals surface area contributed by atoms with Gasteiger partial charge in [0.25, 0.3) is 5.91 Å². The van der Waals surface area contributed by atoms with Gasteiger partial charge in [0.1, 0.15) is 12.6 Å². The molecule has 2 aromatic rings. The lowest BCUT2D eigenvalue weighted by atomic mass is 9.94. The highest BCUT2D eigenvalue weighted by molar-refractivity contribution is 6.08. The van der Waals surface area contributed by atoms with Gasteiger partial charge < -0.3 is 29.3 Å². The van der Waals surface area contributed by atoms with Crippen molar-refractivity contribution in [1.82, 2.24) is 5.32 Å². The summed E-state index contributed by atoms with van der Waals surface area (Å²) in [6.45, 7) is 10.1. The molecule has 0 aliphatic carbocycles. The maximum Gasteiger partial charge on any atom is 0.408 e. The van der Waals surface area contributed by atoms with Crippen molar-refractivity contribution in [3.8, 4) is 0 Å². The molecule has 1 N–H and O–H groups in total. The Morgan fingerprint density at radius 3 is 2.16 bits per heavy atom. The van der Waals surface area contributed by atoms with Gasteiger partial charge in [0, 0.05) is 18.6 Å². The van der Waals surface area contributed by atoms with E-state index >= 15 is 0 Å². The molecule has 1 aliphatic heterocycles. The molecule has 1 heterocycles. The summed E-state index contributed by atoms with van der Waals surface area (Å²) in [5, 5.41) is 2.69. The van der Waals surface area contributed by atoms with Crippen LogP contribution in [0.1, 0.15) is 40.2 Å². The lowest BCUT2D eigenvalue weighted by molar-refractivity contribution is -0.136. The summed E-state index contributed by atoms with van der Waals surface area (Å²) < 4.78 is 16.8. The standard InChI is InChI=1S/C28H37N3O6/c1-6-35-24(36-7-2)18-30-22-15-11-12-16-23(22)31(26(33)28(3,4)5)17-21(25(30)32)29-27(34)37-19-20-13-9-8-10-14-20/h8-16,21,24H,6-7,17-19H2,1-5H3,(H,29,34). The van der Waals surface area contributed by atoms with Gasteiger partial charge in [0.05, 0.1) is 24.5 Å². The molecule has 0 saturated heterocycles. The van der Waals surface area contributed by atoms with Crippen molar-refractivity contribution in [2.75, 3.05) is 36.1 Å². The van der Waals surface area contributed by atoms with E-state index in [1.165, 1.54) is 4.90 Å². The number of ether oxygens (including phenoxy) is 3. The normalized spacial score (nSPS) is 15.8. The molecule has 9 heteroatoms. The minimum Gasteiger partial charge on any atom is -0.445 e. The van der Waals surface area contributed by atoms with E-state index in [-0.39, 0.29) is 25.6 Å². The van der Waals surface area contributed by atoms with Crippen molar-refractivity contribution in [3.05, 3.63) is 60.2 Å². The maximum atomic E-state index is 13.9. The van der Waals surface area contributed by atoms with Crippen LogP contribution in [0.3, 0.4) is 0 Å². The van der Waals surface area contributed by atoms with Crippen molar-refractivity contribution in [1.29, 1.82) is 0 Å². The lowest BCUT2D eigenvalue weighted by Gasteiger charge is -2.31. The van der Waals surface area contributed by atoms with Crippen LogP contribution in [0.2, 0.25) is 0 Å². The molecule has 37 heavy (non-hydrogen) atoms. The van der Waals surface area contributed by atoms with Gasteiger partial charge in [-0.05, 0) is 31.5 Å². The smallest absolute Gasteiger partial charge is 0.408 e. The molecule has 3 amide bonds. The van der Waals surface area contributed by atoms with E-state index in [2.05, 4.69) is 5.32 Å². The number of rotatable bonds is 9. The van der Waals surface area contributed by atoms with Gasteiger partial charge in [-0.1, -0.05) is 63.2 Å². The molecule has 1 atom stereocenters. The van der Waals surface area contributed by atoms with Crippen LogP contribution in [-0.2, 0) is 30.4 Å². The first-order valence-corrected chi connectivity index (χ1v) is 12.6. The fourth-order valence-electron chi connectivity index (χ4n) is 4.06. The molecular formula is C28H37N3O6. The molecule has 0 fully saturated rings. The third-order valence-corrected chi connectivity index (χ3v) is 5.82. The Hall–Kier alpha value is -3.43. The first-order valence-electron chi connectivity index (χ1n) is 12.6. The van der Waals surface area contributed by atoms with Crippen LogP contribution < -0.4 is 15.1 Å². The zero-order chi connectivity index (χ0) is 27.0. The monoisotopic (exact) mass is 511 g/mol. The average Bonchev–Trinajstić information content (AvgIpc) is 2.98. The van der Waals surface area contributed by atoms with E-state index in [0.29, 0.717) is 24.6 Å². The minimum absolute atomic E-state index is 0.0448. The zero-order valence-corrected chi connectivity index (χ0v) is 22.2. The molecule has 1 aliphatic rings. The maximum absolute atomic E-state index is 13.9. The molecule has 9 nitrogen and oxygen atoms in total. The third kappa shape index (κ3) is 7.30. The topological polar surface area (TPSA) is 97.4 Å². The van der Waals surface area contributed by atoms with Gasteiger partial charge in [0.15, 0.2) is 6.29 Å². The van der Waals surface area contributed by atoms with E-state index in [1.54, 1.807) is 23.1 Å². The minimum atomic E-state index is -1.05. The Kier molecular flexibility index (Phi) is 9.66. The Bertz CT molecular complexity index is 1060.